The van der Waals surface area contributed by atoms with E-state index in [1.165, 1.54) is 46.5 Å². The summed E-state index contributed by atoms with van der Waals surface area (Å²) in [5, 5.41) is 18.4. The standard InChI is InChI=1S/C40H32O6.C2H6/c1-26(25-45-31-19-13-28(14-20-31)38(41)42)11-12-27(2)40(36-9-5-3-7-34(36)35-8-4-6-10-37(35)40)30-17-23-33(24-18-30)46-32-21-15-29(16-22-32)39(43)44;1-2/h3-24H,25H2,1-2H3,(H,41,42)(H,43,44);1-2H3/b26-11+,27-12+;. The van der Waals surface area contributed by atoms with Crippen molar-refractivity contribution in [2.75, 3.05) is 6.61 Å². The van der Waals surface area contributed by atoms with E-state index in [0.717, 1.165) is 16.7 Å². The number of carbonyl (C=O) groups is 2. The second-order valence-corrected chi connectivity index (χ2v) is 11.3. The maximum absolute atomic E-state index is 11.2. The summed E-state index contributed by atoms with van der Waals surface area (Å²) in [5.74, 6) is -0.143. The van der Waals surface area contributed by atoms with Crippen LogP contribution in [0.1, 0.15) is 65.1 Å². The van der Waals surface area contributed by atoms with E-state index in [1.807, 2.05) is 32.9 Å². The minimum Gasteiger partial charge on any atom is -0.489 e. The van der Waals surface area contributed by atoms with Crippen molar-refractivity contribution < 1.29 is 29.3 Å². The van der Waals surface area contributed by atoms with Gasteiger partial charge in [0.05, 0.1) is 16.5 Å². The molecule has 0 amide bonds. The summed E-state index contributed by atoms with van der Waals surface area (Å²) in [7, 11) is 0. The first-order chi connectivity index (χ1) is 23.3. The zero-order valence-electron chi connectivity index (χ0n) is 27.4. The molecule has 1 aliphatic rings. The van der Waals surface area contributed by atoms with Crippen LogP contribution in [0.15, 0.2) is 145 Å². The fourth-order valence-corrected chi connectivity index (χ4v) is 6.10. The molecule has 5 aromatic carbocycles. The van der Waals surface area contributed by atoms with E-state index in [-0.39, 0.29) is 11.1 Å². The van der Waals surface area contributed by atoms with Gasteiger partial charge in [-0.25, -0.2) is 9.59 Å². The quantitative estimate of drug-likeness (QED) is 0.148. The predicted molar refractivity (Wildman–Crippen MR) is 189 cm³/mol. The highest BCUT2D eigenvalue weighted by Crippen LogP contribution is 2.56. The van der Waals surface area contributed by atoms with Crippen LogP contribution in [0.4, 0.5) is 0 Å². The lowest BCUT2D eigenvalue weighted by Gasteiger charge is -2.34. The van der Waals surface area contributed by atoms with Gasteiger partial charge in [-0.2, -0.15) is 0 Å². The van der Waals surface area contributed by atoms with Crippen molar-refractivity contribution in [3.8, 4) is 28.4 Å². The van der Waals surface area contributed by atoms with E-state index >= 15 is 0 Å². The minimum absolute atomic E-state index is 0.204. The smallest absolute Gasteiger partial charge is 0.335 e. The maximum Gasteiger partial charge on any atom is 0.335 e. The topological polar surface area (TPSA) is 93.1 Å². The zero-order chi connectivity index (χ0) is 34.3. The molecule has 2 N–H and O–H groups in total. The molecular weight excluding hydrogens is 600 g/mol. The van der Waals surface area contributed by atoms with Crippen LogP contribution in [0.3, 0.4) is 0 Å². The van der Waals surface area contributed by atoms with Crippen molar-refractivity contribution in [2.45, 2.75) is 33.1 Å². The summed E-state index contributed by atoms with van der Waals surface area (Å²) in [4.78, 5) is 22.4. The van der Waals surface area contributed by atoms with Gasteiger partial charge in [-0.1, -0.05) is 92.2 Å². The van der Waals surface area contributed by atoms with Gasteiger partial charge < -0.3 is 19.7 Å². The number of carboxylic acid groups (broad SMARTS) is 2. The van der Waals surface area contributed by atoms with Crippen molar-refractivity contribution >= 4 is 11.9 Å². The highest BCUT2D eigenvalue weighted by Gasteiger charge is 2.45. The summed E-state index contributed by atoms with van der Waals surface area (Å²) >= 11 is 0. The number of ether oxygens (including phenoxy) is 2. The molecule has 0 atom stereocenters. The Bertz CT molecular complexity index is 1920. The summed E-state index contributed by atoms with van der Waals surface area (Å²) in [6.45, 7) is 8.52. The summed E-state index contributed by atoms with van der Waals surface area (Å²) in [6.07, 6.45) is 4.23. The van der Waals surface area contributed by atoms with Crippen LogP contribution in [-0.4, -0.2) is 28.8 Å². The fraction of sp³-hybridized carbons (Fsp3) is 0.143. The number of aromatic carboxylic acids is 2. The fourth-order valence-electron chi connectivity index (χ4n) is 6.10. The second kappa shape index (κ2) is 14.7. The molecule has 0 spiro atoms. The second-order valence-electron chi connectivity index (χ2n) is 11.3. The van der Waals surface area contributed by atoms with Crippen LogP contribution in [-0.2, 0) is 5.41 Å². The van der Waals surface area contributed by atoms with Gasteiger partial charge in [0.25, 0.3) is 0 Å². The van der Waals surface area contributed by atoms with Gasteiger partial charge in [-0.05, 0) is 108 Å². The van der Waals surface area contributed by atoms with E-state index in [9.17, 15) is 14.7 Å². The van der Waals surface area contributed by atoms with Gasteiger partial charge in [0.15, 0.2) is 0 Å². The van der Waals surface area contributed by atoms with Gasteiger partial charge in [0.1, 0.15) is 23.9 Å². The third kappa shape index (κ3) is 6.65. The predicted octanol–water partition coefficient (Wildman–Crippen LogP) is 10.2. The van der Waals surface area contributed by atoms with Crippen molar-refractivity contribution in [3.05, 3.63) is 172 Å². The average molecular weight is 639 g/mol. The van der Waals surface area contributed by atoms with Crippen LogP contribution >= 0.6 is 0 Å². The highest BCUT2D eigenvalue weighted by molar-refractivity contribution is 5.88. The molecule has 0 unspecified atom stereocenters. The maximum atomic E-state index is 11.2. The number of hydrogen-bond donors (Lipinski definition) is 2. The van der Waals surface area contributed by atoms with Crippen LogP contribution in [0.2, 0.25) is 0 Å². The Morgan fingerprint density at radius 1 is 0.604 bits per heavy atom. The van der Waals surface area contributed by atoms with Crippen molar-refractivity contribution in [1.82, 2.24) is 0 Å². The third-order valence-electron chi connectivity index (χ3n) is 8.35. The normalized spacial score (nSPS) is 13.0. The Balaban J connectivity index is 0.00000221. The summed E-state index contributed by atoms with van der Waals surface area (Å²) < 4.78 is 12.0. The molecule has 5 aromatic rings. The molecule has 0 aromatic heterocycles. The van der Waals surface area contributed by atoms with E-state index in [0.29, 0.717) is 23.9 Å². The molecule has 48 heavy (non-hydrogen) atoms. The van der Waals surface area contributed by atoms with Gasteiger partial charge >= 0.3 is 11.9 Å². The van der Waals surface area contributed by atoms with E-state index in [4.69, 9.17) is 14.6 Å². The minimum atomic E-state index is -0.980. The molecule has 0 saturated carbocycles. The SMILES string of the molecule is C/C(=C\C=C(/C)C1(c2ccc(Oc3ccc(C(=O)O)cc3)cc2)c2ccccc2-c2ccccc21)COc1ccc(C(=O)O)cc1.CC. The Hall–Kier alpha value is -5.88. The number of hydrogen-bond acceptors (Lipinski definition) is 4. The number of allylic oxidation sites excluding steroid dienone is 3. The van der Waals surface area contributed by atoms with Crippen LogP contribution in [0.5, 0.6) is 17.2 Å². The van der Waals surface area contributed by atoms with Crippen LogP contribution < -0.4 is 9.47 Å². The summed E-state index contributed by atoms with van der Waals surface area (Å²) in [6, 6.07) is 37.9. The molecule has 0 saturated heterocycles. The molecule has 1 aliphatic carbocycles. The van der Waals surface area contributed by atoms with Crippen LogP contribution in [0, 0.1) is 0 Å². The third-order valence-corrected chi connectivity index (χ3v) is 8.35. The Morgan fingerprint density at radius 3 is 1.52 bits per heavy atom. The van der Waals surface area contributed by atoms with Gasteiger partial charge in [0, 0.05) is 0 Å². The first kappa shape index (κ1) is 33.5. The largest absolute Gasteiger partial charge is 0.489 e. The molecule has 6 heteroatoms. The van der Waals surface area contributed by atoms with E-state index < -0.39 is 17.4 Å². The molecule has 6 rings (SSSR count). The molecule has 0 radical (unpaired) electrons. The average Bonchev–Trinajstić information content (AvgIpc) is 3.42. The molecule has 0 aliphatic heterocycles. The molecule has 0 bridgehead atoms. The van der Waals surface area contributed by atoms with Gasteiger partial charge in [-0.3, -0.25) is 0 Å². The number of benzene rings is 5. The van der Waals surface area contributed by atoms with Gasteiger partial charge in [0.2, 0.25) is 0 Å². The first-order valence-electron chi connectivity index (χ1n) is 15.9. The van der Waals surface area contributed by atoms with Crippen molar-refractivity contribution in [1.29, 1.82) is 0 Å². The number of rotatable bonds is 10. The zero-order valence-corrected chi connectivity index (χ0v) is 27.4. The Kier molecular flexibility index (Phi) is 10.2. The molecule has 242 valence electrons. The van der Waals surface area contributed by atoms with E-state index in [1.54, 1.807) is 24.3 Å². The highest BCUT2D eigenvalue weighted by atomic mass is 16.5. The van der Waals surface area contributed by atoms with E-state index in [2.05, 4.69) is 79.7 Å². The summed E-state index contributed by atoms with van der Waals surface area (Å²) in [5.41, 5.74) is 7.88. The first-order valence-corrected chi connectivity index (χ1v) is 15.9. The molecular formula is C42H38O6. The van der Waals surface area contributed by atoms with Crippen molar-refractivity contribution in [3.63, 3.8) is 0 Å². The number of fused-ring (bicyclic) bond motifs is 3. The lowest BCUT2D eigenvalue weighted by Crippen LogP contribution is -2.28. The lowest BCUT2D eigenvalue weighted by atomic mass is 9.67. The van der Waals surface area contributed by atoms with Crippen LogP contribution in [0.25, 0.3) is 11.1 Å². The monoisotopic (exact) mass is 638 g/mol. The number of carboxylic acids is 2. The van der Waals surface area contributed by atoms with Crippen molar-refractivity contribution in [2.24, 2.45) is 0 Å². The molecule has 6 nitrogen and oxygen atoms in total. The Labute approximate surface area is 281 Å². The molecule has 0 heterocycles. The lowest BCUT2D eigenvalue weighted by molar-refractivity contribution is 0.0686. The van der Waals surface area contributed by atoms with Gasteiger partial charge in [-0.15, -0.1) is 0 Å². The Morgan fingerprint density at radius 2 is 1.04 bits per heavy atom. The molecule has 0 fully saturated rings.